The first-order valence-corrected chi connectivity index (χ1v) is 6.53. The summed E-state index contributed by atoms with van der Waals surface area (Å²) >= 11 is 1.41. The molecule has 0 fully saturated rings. The molecule has 2 heterocycles. The Bertz CT molecular complexity index is 535. The maximum Gasteiger partial charge on any atom is 0.371 e. The van der Waals surface area contributed by atoms with Crippen LogP contribution in [0.3, 0.4) is 0 Å². The van der Waals surface area contributed by atoms with E-state index in [1.165, 1.54) is 17.8 Å². The number of nitrogens with one attached hydrogen (secondary N) is 1. The average Bonchev–Trinajstić information content (AvgIpc) is 2.95. The van der Waals surface area contributed by atoms with Gasteiger partial charge in [0, 0.05) is 6.42 Å². The summed E-state index contributed by atoms with van der Waals surface area (Å²) in [5, 5.41) is 16.3. The Labute approximate surface area is 108 Å². The van der Waals surface area contributed by atoms with Crippen LogP contribution in [0.15, 0.2) is 21.7 Å². The SMILES string of the molecule is CCCc1nc(SCc2ccc(C(=O)O)o2)n[nH]1. The molecule has 0 spiro atoms. The van der Waals surface area contributed by atoms with Crippen LogP contribution in [0.5, 0.6) is 0 Å². The second-order valence-electron chi connectivity index (χ2n) is 3.67. The first-order chi connectivity index (χ1) is 8.69. The fourth-order valence-electron chi connectivity index (χ4n) is 1.40. The number of furan rings is 1. The minimum Gasteiger partial charge on any atom is -0.475 e. The Kier molecular flexibility index (Phi) is 4.03. The van der Waals surface area contributed by atoms with Crippen molar-refractivity contribution in [2.45, 2.75) is 30.7 Å². The maximum atomic E-state index is 10.6. The van der Waals surface area contributed by atoms with Crippen LogP contribution in [0.4, 0.5) is 0 Å². The number of rotatable bonds is 6. The molecule has 0 saturated carbocycles. The predicted molar refractivity (Wildman–Crippen MR) is 65.6 cm³/mol. The zero-order chi connectivity index (χ0) is 13.0. The maximum absolute atomic E-state index is 10.6. The van der Waals surface area contributed by atoms with Crippen molar-refractivity contribution in [3.63, 3.8) is 0 Å². The molecule has 2 aromatic heterocycles. The third-order valence-corrected chi connectivity index (χ3v) is 3.08. The van der Waals surface area contributed by atoms with Crippen molar-refractivity contribution in [2.75, 3.05) is 0 Å². The van der Waals surface area contributed by atoms with Gasteiger partial charge in [-0.2, -0.15) is 0 Å². The summed E-state index contributed by atoms with van der Waals surface area (Å²) in [5.74, 6) is 0.864. The Morgan fingerprint density at radius 1 is 1.56 bits per heavy atom. The van der Waals surface area contributed by atoms with Gasteiger partial charge in [-0.3, -0.25) is 5.10 Å². The Morgan fingerprint density at radius 2 is 2.39 bits per heavy atom. The Balaban J connectivity index is 1.91. The molecule has 0 bridgehead atoms. The molecule has 96 valence electrons. The monoisotopic (exact) mass is 267 g/mol. The molecule has 0 saturated heterocycles. The number of H-pyrrole nitrogens is 1. The molecule has 0 amide bonds. The van der Waals surface area contributed by atoms with Crippen LogP contribution < -0.4 is 0 Å². The van der Waals surface area contributed by atoms with Crippen LogP contribution in [-0.2, 0) is 12.2 Å². The molecule has 7 heteroatoms. The Morgan fingerprint density at radius 3 is 3.06 bits per heavy atom. The quantitative estimate of drug-likeness (QED) is 0.780. The first kappa shape index (κ1) is 12.7. The summed E-state index contributed by atoms with van der Waals surface area (Å²) in [6.45, 7) is 2.08. The van der Waals surface area contributed by atoms with Crippen molar-refractivity contribution in [1.82, 2.24) is 15.2 Å². The minimum atomic E-state index is -1.06. The number of aromatic amines is 1. The highest BCUT2D eigenvalue weighted by molar-refractivity contribution is 7.98. The lowest BCUT2D eigenvalue weighted by Gasteiger charge is -1.92. The van der Waals surface area contributed by atoms with E-state index in [4.69, 9.17) is 9.52 Å². The topological polar surface area (TPSA) is 92.0 Å². The molecule has 0 radical (unpaired) electrons. The number of hydrogen-bond acceptors (Lipinski definition) is 5. The highest BCUT2D eigenvalue weighted by Crippen LogP contribution is 2.20. The number of carboxylic acid groups (broad SMARTS) is 1. The second kappa shape index (κ2) is 5.72. The van der Waals surface area contributed by atoms with E-state index in [1.54, 1.807) is 6.07 Å². The smallest absolute Gasteiger partial charge is 0.371 e. The van der Waals surface area contributed by atoms with Crippen molar-refractivity contribution in [1.29, 1.82) is 0 Å². The van der Waals surface area contributed by atoms with Crippen molar-refractivity contribution in [3.8, 4) is 0 Å². The molecule has 6 nitrogen and oxygen atoms in total. The summed E-state index contributed by atoms with van der Waals surface area (Å²) in [7, 11) is 0. The van der Waals surface area contributed by atoms with Gasteiger partial charge in [0.15, 0.2) is 0 Å². The number of thioether (sulfide) groups is 1. The molecule has 2 N–H and O–H groups in total. The van der Waals surface area contributed by atoms with Crippen molar-refractivity contribution < 1.29 is 14.3 Å². The molecule has 18 heavy (non-hydrogen) atoms. The van der Waals surface area contributed by atoms with Crippen LogP contribution in [0.25, 0.3) is 0 Å². The zero-order valence-corrected chi connectivity index (χ0v) is 10.7. The van der Waals surface area contributed by atoms with E-state index in [0.29, 0.717) is 16.7 Å². The van der Waals surface area contributed by atoms with E-state index in [-0.39, 0.29) is 5.76 Å². The minimum absolute atomic E-state index is 0.0488. The van der Waals surface area contributed by atoms with Gasteiger partial charge in [0.25, 0.3) is 0 Å². The van der Waals surface area contributed by atoms with Gasteiger partial charge in [0.2, 0.25) is 10.9 Å². The number of carboxylic acids is 1. The van der Waals surface area contributed by atoms with Crippen LogP contribution in [0.1, 0.15) is 35.5 Å². The lowest BCUT2D eigenvalue weighted by Crippen LogP contribution is -1.91. The van der Waals surface area contributed by atoms with Crippen molar-refractivity contribution in [2.24, 2.45) is 0 Å². The van der Waals surface area contributed by atoms with Crippen LogP contribution in [-0.4, -0.2) is 26.3 Å². The third kappa shape index (κ3) is 3.13. The van der Waals surface area contributed by atoms with Gasteiger partial charge in [-0.05, 0) is 18.6 Å². The normalized spacial score (nSPS) is 10.7. The van der Waals surface area contributed by atoms with E-state index < -0.39 is 5.97 Å². The summed E-state index contributed by atoms with van der Waals surface area (Å²) in [5.41, 5.74) is 0. The van der Waals surface area contributed by atoms with Gasteiger partial charge in [-0.1, -0.05) is 18.7 Å². The number of carbonyl (C=O) groups is 1. The second-order valence-corrected chi connectivity index (χ2v) is 4.62. The highest BCUT2D eigenvalue weighted by Gasteiger charge is 2.10. The van der Waals surface area contributed by atoms with Crippen LogP contribution >= 0.6 is 11.8 Å². The molecule has 0 atom stereocenters. The average molecular weight is 267 g/mol. The molecule has 0 unspecified atom stereocenters. The number of hydrogen-bond donors (Lipinski definition) is 2. The molecule has 2 rings (SSSR count). The van der Waals surface area contributed by atoms with Crippen molar-refractivity contribution in [3.05, 3.63) is 29.5 Å². The van der Waals surface area contributed by atoms with E-state index in [2.05, 4.69) is 22.1 Å². The van der Waals surface area contributed by atoms with Crippen LogP contribution in [0.2, 0.25) is 0 Å². The molecule has 0 aliphatic heterocycles. The zero-order valence-electron chi connectivity index (χ0n) is 9.84. The first-order valence-electron chi connectivity index (χ1n) is 5.55. The van der Waals surface area contributed by atoms with E-state index in [1.807, 2.05) is 0 Å². The standard InChI is InChI=1S/C11H13N3O3S/c1-2-3-9-12-11(14-13-9)18-6-7-4-5-8(17-7)10(15)16/h4-5H,2-3,6H2,1H3,(H,15,16)(H,12,13,14). The fraction of sp³-hybridized carbons (Fsp3) is 0.364. The molecule has 2 aromatic rings. The highest BCUT2D eigenvalue weighted by atomic mass is 32.2. The summed E-state index contributed by atoms with van der Waals surface area (Å²) in [6, 6.07) is 3.09. The van der Waals surface area contributed by atoms with E-state index in [0.717, 1.165) is 18.7 Å². The molecule has 0 aliphatic rings. The number of aromatic carboxylic acids is 1. The summed E-state index contributed by atoms with van der Waals surface area (Å²) in [6.07, 6.45) is 1.89. The Hall–Kier alpha value is -1.76. The lowest BCUT2D eigenvalue weighted by molar-refractivity contribution is 0.0661. The molecular formula is C11H13N3O3S. The number of nitrogens with zero attached hydrogens (tertiary/aromatic N) is 2. The van der Waals surface area contributed by atoms with Gasteiger partial charge in [0.1, 0.15) is 11.6 Å². The van der Waals surface area contributed by atoms with Gasteiger partial charge in [-0.25, -0.2) is 9.78 Å². The lowest BCUT2D eigenvalue weighted by atomic mass is 10.3. The van der Waals surface area contributed by atoms with E-state index >= 15 is 0 Å². The molecule has 0 aliphatic carbocycles. The predicted octanol–water partition coefficient (Wildman–Crippen LogP) is 2.34. The molecular weight excluding hydrogens is 254 g/mol. The van der Waals surface area contributed by atoms with Crippen LogP contribution in [0, 0.1) is 0 Å². The third-order valence-electron chi connectivity index (χ3n) is 2.21. The fourth-order valence-corrected chi connectivity index (χ4v) is 2.11. The number of aromatic nitrogens is 3. The van der Waals surface area contributed by atoms with E-state index in [9.17, 15) is 4.79 Å². The number of aryl methyl sites for hydroxylation is 1. The molecule has 0 aromatic carbocycles. The van der Waals surface area contributed by atoms with Gasteiger partial charge in [-0.15, -0.1) is 5.10 Å². The summed E-state index contributed by atoms with van der Waals surface area (Å²) in [4.78, 5) is 14.9. The van der Waals surface area contributed by atoms with Gasteiger partial charge >= 0.3 is 5.97 Å². The summed E-state index contributed by atoms with van der Waals surface area (Å²) < 4.78 is 5.13. The van der Waals surface area contributed by atoms with Gasteiger partial charge < -0.3 is 9.52 Å². The largest absolute Gasteiger partial charge is 0.475 e. The van der Waals surface area contributed by atoms with Gasteiger partial charge in [0.05, 0.1) is 5.75 Å². The van der Waals surface area contributed by atoms with Crippen molar-refractivity contribution >= 4 is 17.7 Å².